The summed E-state index contributed by atoms with van der Waals surface area (Å²) in [7, 11) is 0. The van der Waals surface area contributed by atoms with E-state index in [0.29, 0.717) is 11.1 Å². The molecule has 18 heavy (non-hydrogen) atoms. The molecule has 1 fully saturated rings. The summed E-state index contributed by atoms with van der Waals surface area (Å²) in [5.74, 6) is 0. The normalized spacial score (nSPS) is 20.2. The van der Waals surface area contributed by atoms with Gasteiger partial charge >= 0.3 is 0 Å². The smallest absolute Gasteiger partial charge is 0.0716 e. The largest absolute Gasteiger partial charge is 0.392 e. The third-order valence-electron chi connectivity index (χ3n) is 3.81. The summed E-state index contributed by atoms with van der Waals surface area (Å²) in [6.07, 6.45) is 6.23. The van der Waals surface area contributed by atoms with Gasteiger partial charge in [0.1, 0.15) is 0 Å². The third-order valence-corrected chi connectivity index (χ3v) is 4.16. The van der Waals surface area contributed by atoms with Gasteiger partial charge in [0.2, 0.25) is 0 Å². The van der Waals surface area contributed by atoms with Crippen molar-refractivity contribution in [2.45, 2.75) is 51.7 Å². The van der Waals surface area contributed by atoms with Crippen LogP contribution < -0.4 is 4.90 Å². The molecule has 2 rings (SSSR count). The molecule has 1 atom stereocenters. The van der Waals surface area contributed by atoms with E-state index in [4.69, 9.17) is 11.6 Å². The molecule has 1 aromatic carbocycles. The summed E-state index contributed by atoms with van der Waals surface area (Å²) in [6, 6.07) is 6.53. The number of anilines is 1. The van der Waals surface area contributed by atoms with Crippen molar-refractivity contribution in [3.05, 3.63) is 28.8 Å². The Kier molecular flexibility index (Phi) is 4.90. The lowest BCUT2D eigenvalue weighted by Gasteiger charge is -2.38. The van der Waals surface area contributed by atoms with Crippen LogP contribution in [-0.4, -0.2) is 17.7 Å². The van der Waals surface area contributed by atoms with Gasteiger partial charge in [0.05, 0.1) is 6.61 Å². The second kappa shape index (κ2) is 6.44. The summed E-state index contributed by atoms with van der Waals surface area (Å²) in [6.45, 7) is 3.33. The average molecular weight is 268 g/mol. The van der Waals surface area contributed by atoms with Crippen molar-refractivity contribution in [1.82, 2.24) is 0 Å². The Balaban J connectivity index is 2.30. The van der Waals surface area contributed by atoms with Crippen LogP contribution in [-0.2, 0) is 6.61 Å². The van der Waals surface area contributed by atoms with Gasteiger partial charge < -0.3 is 10.0 Å². The molecule has 1 unspecified atom stereocenters. The topological polar surface area (TPSA) is 23.5 Å². The molecule has 1 aliphatic rings. The van der Waals surface area contributed by atoms with Crippen molar-refractivity contribution in [2.24, 2.45) is 0 Å². The molecule has 2 nitrogen and oxygen atoms in total. The number of rotatable bonds is 4. The van der Waals surface area contributed by atoms with Crippen molar-refractivity contribution >= 4 is 17.3 Å². The summed E-state index contributed by atoms with van der Waals surface area (Å²) in [4.78, 5) is 2.45. The zero-order chi connectivity index (χ0) is 13.0. The van der Waals surface area contributed by atoms with Crippen molar-refractivity contribution in [3.8, 4) is 0 Å². The minimum Gasteiger partial charge on any atom is -0.392 e. The molecule has 0 saturated carbocycles. The number of halogens is 1. The highest BCUT2D eigenvalue weighted by atomic mass is 35.5. The summed E-state index contributed by atoms with van der Waals surface area (Å²) < 4.78 is 0. The SMILES string of the molecule is CCCC1CCCCN1c1cccc(Cl)c1CO. The van der Waals surface area contributed by atoms with Crippen LogP contribution in [0.1, 0.15) is 44.6 Å². The number of aliphatic hydroxyl groups is 1. The summed E-state index contributed by atoms with van der Waals surface area (Å²) in [5.41, 5.74) is 2.00. The van der Waals surface area contributed by atoms with Gasteiger partial charge in [-0.2, -0.15) is 0 Å². The van der Waals surface area contributed by atoms with Crippen molar-refractivity contribution < 1.29 is 5.11 Å². The Hall–Kier alpha value is -0.730. The maximum Gasteiger partial charge on any atom is 0.0716 e. The van der Waals surface area contributed by atoms with Crippen LogP contribution in [0.15, 0.2) is 18.2 Å². The minimum absolute atomic E-state index is 0.0182. The average Bonchev–Trinajstić information content (AvgIpc) is 2.39. The highest BCUT2D eigenvalue weighted by molar-refractivity contribution is 6.31. The Morgan fingerprint density at radius 1 is 1.39 bits per heavy atom. The zero-order valence-corrected chi connectivity index (χ0v) is 11.8. The first-order valence-corrected chi connectivity index (χ1v) is 7.30. The molecular formula is C15H22ClNO. The maximum atomic E-state index is 9.53. The maximum absolute atomic E-state index is 9.53. The fourth-order valence-corrected chi connectivity index (χ4v) is 3.15. The lowest BCUT2D eigenvalue weighted by Crippen LogP contribution is -2.40. The van der Waals surface area contributed by atoms with Crippen LogP contribution in [0.2, 0.25) is 5.02 Å². The van der Waals surface area contributed by atoms with Gasteiger partial charge in [-0.25, -0.2) is 0 Å². The quantitative estimate of drug-likeness (QED) is 0.892. The number of hydrogen-bond acceptors (Lipinski definition) is 2. The van der Waals surface area contributed by atoms with E-state index in [1.165, 1.54) is 32.1 Å². The Morgan fingerprint density at radius 2 is 2.22 bits per heavy atom. The number of benzene rings is 1. The van der Waals surface area contributed by atoms with E-state index in [-0.39, 0.29) is 6.61 Å². The zero-order valence-electron chi connectivity index (χ0n) is 11.0. The minimum atomic E-state index is 0.0182. The predicted molar refractivity (Wildman–Crippen MR) is 77.3 cm³/mol. The lowest BCUT2D eigenvalue weighted by molar-refractivity contribution is 0.281. The molecule has 1 aromatic rings. The van der Waals surface area contributed by atoms with Gasteiger partial charge in [-0.3, -0.25) is 0 Å². The first-order chi connectivity index (χ1) is 8.77. The van der Waals surface area contributed by atoms with Crippen LogP contribution in [0, 0.1) is 0 Å². The summed E-state index contributed by atoms with van der Waals surface area (Å²) >= 11 is 6.19. The van der Waals surface area contributed by atoms with Gasteiger partial charge in [-0.15, -0.1) is 0 Å². The number of aliphatic hydroxyl groups excluding tert-OH is 1. The lowest BCUT2D eigenvalue weighted by atomic mass is 9.96. The second-order valence-electron chi connectivity index (χ2n) is 5.03. The van der Waals surface area contributed by atoms with E-state index in [2.05, 4.69) is 17.9 Å². The molecule has 1 heterocycles. The van der Waals surface area contributed by atoms with E-state index >= 15 is 0 Å². The number of nitrogens with zero attached hydrogens (tertiary/aromatic N) is 1. The highest BCUT2D eigenvalue weighted by Crippen LogP contribution is 2.33. The molecule has 1 N–H and O–H groups in total. The van der Waals surface area contributed by atoms with E-state index in [9.17, 15) is 5.11 Å². The van der Waals surface area contributed by atoms with E-state index in [1.807, 2.05) is 12.1 Å². The van der Waals surface area contributed by atoms with Crippen LogP contribution in [0.3, 0.4) is 0 Å². The van der Waals surface area contributed by atoms with Crippen molar-refractivity contribution in [2.75, 3.05) is 11.4 Å². The molecule has 0 radical (unpaired) electrons. The third kappa shape index (κ3) is 2.81. The molecule has 0 aliphatic carbocycles. The van der Waals surface area contributed by atoms with E-state index < -0.39 is 0 Å². The molecule has 0 amide bonds. The van der Waals surface area contributed by atoms with Crippen LogP contribution >= 0.6 is 11.6 Å². The standard InChI is InChI=1S/C15H22ClNO/c1-2-6-12-7-3-4-10-17(12)15-9-5-8-14(16)13(15)11-18/h5,8-9,12,18H,2-4,6-7,10-11H2,1H3. The van der Waals surface area contributed by atoms with Crippen molar-refractivity contribution in [3.63, 3.8) is 0 Å². The highest BCUT2D eigenvalue weighted by Gasteiger charge is 2.24. The Bertz CT molecular complexity index is 392. The fourth-order valence-electron chi connectivity index (χ4n) is 2.92. The van der Waals surface area contributed by atoms with Crippen molar-refractivity contribution in [1.29, 1.82) is 0 Å². The Labute approximate surface area is 115 Å². The predicted octanol–water partition coefficient (Wildman–Crippen LogP) is 3.99. The molecule has 100 valence electrons. The molecule has 0 bridgehead atoms. The van der Waals surface area contributed by atoms with Gasteiger partial charge in [0.15, 0.2) is 0 Å². The van der Waals surface area contributed by atoms with E-state index in [1.54, 1.807) is 0 Å². The monoisotopic (exact) mass is 267 g/mol. The van der Waals surface area contributed by atoms with Crippen LogP contribution in [0.5, 0.6) is 0 Å². The molecule has 0 aromatic heterocycles. The van der Waals surface area contributed by atoms with Gasteiger partial charge in [0, 0.05) is 28.9 Å². The second-order valence-corrected chi connectivity index (χ2v) is 5.43. The van der Waals surface area contributed by atoms with E-state index in [0.717, 1.165) is 17.8 Å². The van der Waals surface area contributed by atoms with Gasteiger partial charge in [-0.1, -0.05) is 31.0 Å². The molecular weight excluding hydrogens is 246 g/mol. The first kappa shape index (κ1) is 13.7. The Morgan fingerprint density at radius 3 is 2.94 bits per heavy atom. The van der Waals surface area contributed by atoms with Crippen LogP contribution in [0.4, 0.5) is 5.69 Å². The molecule has 1 aliphatic heterocycles. The van der Waals surface area contributed by atoms with Crippen LogP contribution in [0.25, 0.3) is 0 Å². The number of piperidine rings is 1. The van der Waals surface area contributed by atoms with Gasteiger partial charge in [-0.05, 0) is 37.8 Å². The van der Waals surface area contributed by atoms with Gasteiger partial charge in [0.25, 0.3) is 0 Å². The summed E-state index contributed by atoms with van der Waals surface area (Å²) in [5, 5.41) is 10.2. The molecule has 0 spiro atoms. The fraction of sp³-hybridized carbons (Fsp3) is 0.600. The first-order valence-electron chi connectivity index (χ1n) is 6.92. The molecule has 3 heteroatoms. The number of hydrogen-bond donors (Lipinski definition) is 1. The molecule has 1 saturated heterocycles.